The largest absolute Gasteiger partial charge is 0.337 e. The van der Waals surface area contributed by atoms with Crippen LogP contribution in [0.5, 0.6) is 0 Å². The minimum absolute atomic E-state index is 0.132. The van der Waals surface area contributed by atoms with Crippen LogP contribution < -0.4 is 5.73 Å². The molecule has 1 fully saturated rings. The first-order valence-electron chi connectivity index (χ1n) is 8.69. The van der Waals surface area contributed by atoms with E-state index in [2.05, 4.69) is 54.5 Å². The summed E-state index contributed by atoms with van der Waals surface area (Å²) in [6.45, 7) is 3.50. The molecule has 0 bridgehead atoms. The lowest BCUT2D eigenvalue weighted by Crippen LogP contribution is -2.29. The molecule has 1 saturated heterocycles. The Bertz CT molecular complexity index is 821. The predicted octanol–water partition coefficient (Wildman–Crippen LogP) is 1.59. The zero-order valence-electron chi connectivity index (χ0n) is 14.5. The van der Waals surface area contributed by atoms with Crippen LogP contribution in [0.25, 0.3) is 0 Å². The third-order valence-corrected chi connectivity index (χ3v) is 5.04. The number of likely N-dealkylation sites (tertiary alicyclic amines) is 1. The molecule has 2 aromatic heterocycles. The highest BCUT2D eigenvalue weighted by molar-refractivity contribution is 5.16. The molecular weight excluding hydrogens is 312 g/mol. The Morgan fingerprint density at radius 1 is 1.16 bits per heavy atom. The van der Waals surface area contributed by atoms with Crippen molar-refractivity contribution in [3.63, 3.8) is 0 Å². The first-order chi connectivity index (χ1) is 12.2. The van der Waals surface area contributed by atoms with Crippen molar-refractivity contribution in [1.29, 1.82) is 0 Å². The van der Waals surface area contributed by atoms with Crippen LogP contribution in [0.2, 0.25) is 0 Å². The molecule has 3 heterocycles. The Kier molecular flexibility index (Phi) is 4.38. The Morgan fingerprint density at radius 3 is 2.76 bits per heavy atom. The van der Waals surface area contributed by atoms with Gasteiger partial charge >= 0.3 is 0 Å². The average molecular weight is 336 g/mol. The molecule has 6 nitrogen and oxygen atoms in total. The van der Waals surface area contributed by atoms with Crippen molar-refractivity contribution in [2.24, 2.45) is 12.8 Å². The molecule has 0 saturated carbocycles. The van der Waals surface area contributed by atoms with Gasteiger partial charge in [0.1, 0.15) is 5.82 Å². The molecule has 0 spiro atoms. The molecule has 0 amide bonds. The standard InChI is InChI=1S/C19H24N6/c1-23-14-21-9-18(23)16-11-24(12-17(16)20)13-19-22-7-8-25(19)10-15-5-3-2-4-6-15/h2-9,14,16-17H,10-13,20H2,1H3/t16-,17-/m1/s1. The van der Waals surface area contributed by atoms with Crippen LogP contribution >= 0.6 is 0 Å². The molecule has 130 valence electrons. The van der Waals surface area contributed by atoms with Crippen molar-refractivity contribution in [2.75, 3.05) is 13.1 Å². The summed E-state index contributed by atoms with van der Waals surface area (Å²) < 4.78 is 4.29. The number of imidazole rings is 2. The van der Waals surface area contributed by atoms with Crippen molar-refractivity contribution in [3.05, 3.63) is 72.3 Å². The molecule has 4 rings (SSSR count). The number of hydrogen-bond donors (Lipinski definition) is 1. The number of aromatic nitrogens is 4. The smallest absolute Gasteiger partial charge is 0.123 e. The van der Waals surface area contributed by atoms with Gasteiger partial charge in [-0.15, -0.1) is 0 Å². The van der Waals surface area contributed by atoms with Gasteiger partial charge in [0.25, 0.3) is 0 Å². The Hall–Kier alpha value is -2.44. The van der Waals surface area contributed by atoms with E-state index in [0.717, 1.165) is 32.0 Å². The first kappa shape index (κ1) is 16.1. The summed E-state index contributed by atoms with van der Waals surface area (Å²) in [5.74, 6) is 1.41. The number of nitrogens with two attached hydrogens (primary N) is 1. The minimum atomic E-state index is 0.132. The summed E-state index contributed by atoms with van der Waals surface area (Å²) in [5, 5.41) is 0. The van der Waals surface area contributed by atoms with E-state index in [1.54, 1.807) is 0 Å². The highest BCUT2D eigenvalue weighted by Crippen LogP contribution is 2.26. The molecule has 0 unspecified atom stereocenters. The second-order valence-electron chi connectivity index (χ2n) is 6.85. The monoisotopic (exact) mass is 336 g/mol. The van der Waals surface area contributed by atoms with E-state index in [1.165, 1.54) is 11.3 Å². The fraction of sp³-hybridized carbons (Fsp3) is 0.368. The van der Waals surface area contributed by atoms with Crippen molar-refractivity contribution >= 4 is 0 Å². The Morgan fingerprint density at radius 2 is 2.00 bits per heavy atom. The van der Waals surface area contributed by atoms with E-state index in [4.69, 9.17) is 5.73 Å². The molecule has 1 aliphatic heterocycles. The number of nitrogens with zero attached hydrogens (tertiary/aromatic N) is 5. The second kappa shape index (κ2) is 6.82. The van der Waals surface area contributed by atoms with Crippen LogP contribution in [0.15, 0.2) is 55.2 Å². The quantitative estimate of drug-likeness (QED) is 0.768. The molecule has 0 aliphatic carbocycles. The summed E-state index contributed by atoms with van der Waals surface area (Å²) in [5.41, 5.74) is 8.91. The third-order valence-electron chi connectivity index (χ3n) is 5.04. The van der Waals surface area contributed by atoms with Gasteiger partial charge in [-0.3, -0.25) is 4.90 Å². The van der Waals surface area contributed by atoms with E-state index >= 15 is 0 Å². The van der Waals surface area contributed by atoms with E-state index in [9.17, 15) is 0 Å². The maximum atomic E-state index is 6.41. The van der Waals surface area contributed by atoms with Crippen molar-refractivity contribution < 1.29 is 0 Å². The number of aryl methyl sites for hydroxylation is 1. The molecule has 3 aromatic rings. The average Bonchev–Trinajstić information content (AvgIpc) is 3.31. The maximum Gasteiger partial charge on any atom is 0.123 e. The third kappa shape index (κ3) is 3.36. The first-order valence-corrected chi connectivity index (χ1v) is 8.69. The van der Waals surface area contributed by atoms with E-state index in [0.29, 0.717) is 5.92 Å². The van der Waals surface area contributed by atoms with Gasteiger partial charge in [0.15, 0.2) is 0 Å². The normalized spacial score (nSPS) is 21.0. The number of benzene rings is 1. The van der Waals surface area contributed by atoms with E-state index < -0.39 is 0 Å². The summed E-state index contributed by atoms with van der Waals surface area (Å²) in [7, 11) is 2.03. The Labute approximate surface area is 147 Å². The molecule has 2 atom stereocenters. The fourth-order valence-corrected chi connectivity index (χ4v) is 3.70. The molecular formula is C19H24N6. The molecule has 25 heavy (non-hydrogen) atoms. The summed E-state index contributed by atoms with van der Waals surface area (Å²) >= 11 is 0. The van der Waals surface area contributed by atoms with E-state index in [1.807, 2.05) is 31.8 Å². The van der Waals surface area contributed by atoms with Crippen LogP contribution in [0.4, 0.5) is 0 Å². The predicted molar refractivity (Wildman–Crippen MR) is 97.0 cm³/mol. The molecule has 0 radical (unpaired) electrons. The second-order valence-corrected chi connectivity index (χ2v) is 6.85. The molecule has 1 aromatic carbocycles. The van der Waals surface area contributed by atoms with E-state index in [-0.39, 0.29) is 6.04 Å². The van der Waals surface area contributed by atoms with Crippen LogP contribution in [-0.4, -0.2) is 43.1 Å². The van der Waals surface area contributed by atoms with Crippen LogP contribution in [0.3, 0.4) is 0 Å². The fourth-order valence-electron chi connectivity index (χ4n) is 3.70. The van der Waals surface area contributed by atoms with Crippen LogP contribution in [0, 0.1) is 0 Å². The lowest BCUT2D eigenvalue weighted by atomic mass is 10.0. The van der Waals surface area contributed by atoms with Gasteiger partial charge < -0.3 is 14.9 Å². The highest BCUT2D eigenvalue weighted by atomic mass is 15.2. The van der Waals surface area contributed by atoms with Crippen molar-refractivity contribution in [3.8, 4) is 0 Å². The summed E-state index contributed by atoms with van der Waals surface area (Å²) in [4.78, 5) is 11.2. The van der Waals surface area contributed by atoms with Gasteiger partial charge in [-0.25, -0.2) is 9.97 Å². The number of hydrogen-bond acceptors (Lipinski definition) is 4. The van der Waals surface area contributed by atoms with Gasteiger partial charge in [0.05, 0.1) is 12.9 Å². The lowest BCUT2D eigenvalue weighted by molar-refractivity contribution is 0.310. The zero-order chi connectivity index (χ0) is 17.2. The maximum absolute atomic E-state index is 6.41. The van der Waals surface area contributed by atoms with Crippen molar-refractivity contribution in [2.45, 2.75) is 25.0 Å². The highest BCUT2D eigenvalue weighted by Gasteiger charge is 2.33. The van der Waals surface area contributed by atoms with Gasteiger partial charge in [0.2, 0.25) is 0 Å². The summed E-state index contributed by atoms with van der Waals surface area (Å²) in [6, 6.07) is 10.6. The SMILES string of the molecule is Cn1cncc1[C@@H]1CN(Cc2nccn2Cc2ccccc2)C[C@H]1N. The number of rotatable bonds is 5. The zero-order valence-corrected chi connectivity index (χ0v) is 14.5. The molecule has 6 heteroatoms. The lowest BCUT2D eigenvalue weighted by Gasteiger charge is -2.17. The van der Waals surface area contributed by atoms with Gasteiger partial charge in [0, 0.05) is 62.9 Å². The topological polar surface area (TPSA) is 64.9 Å². The van der Waals surface area contributed by atoms with Gasteiger partial charge in [-0.05, 0) is 5.56 Å². The molecule has 2 N–H and O–H groups in total. The van der Waals surface area contributed by atoms with Gasteiger partial charge in [-0.2, -0.15) is 0 Å². The summed E-state index contributed by atoms with van der Waals surface area (Å²) in [6.07, 6.45) is 7.71. The van der Waals surface area contributed by atoms with Gasteiger partial charge in [-0.1, -0.05) is 30.3 Å². The minimum Gasteiger partial charge on any atom is -0.337 e. The van der Waals surface area contributed by atoms with Crippen molar-refractivity contribution in [1.82, 2.24) is 24.0 Å². The van der Waals surface area contributed by atoms with Crippen LogP contribution in [0.1, 0.15) is 23.0 Å². The van der Waals surface area contributed by atoms with Crippen LogP contribution in [-0.2, 0) is 20.1 Å². The molecule has 1 aliphatic rings. The Balaban J connectivity index is 1.45.